The highest BCUT2D eigenvalue weighted by Gasteiger charge is 2.38. The van der Waals surface area contributed by atoms with Crippen LogP contribution in [0.5, 0.6) is 0 Å². The monoisotopic (exact) mass is 228 g/mol. The summed E-state index contributed by atoms with van der Waals surface area (Å²) in [4.78, 5) is 4.14. The minimum atomic E-state index is -0.549. The molecule has 1 aromatic rings. The van der Waals surface area contributed by atoms with Crippen LogP contribution in [0.2, 0.25) is 5.15 Å². The minimum absolute atomic E-state index is 0.224. The van der Waals surface area contributed by atoms with Crippen LogP contribution in [-0.4, -0.2) is 31.9 Å². The van der Waals surface area contributed by atoms with Gasteiger partial charge in [0.1, 0.15) is 0 Å². The molecule has 1 fully saturated rings. The number of halogens is 1. The van der Waals surface area contributed by atoms with Crippen molar-refractivity contribution in [2.24, 2.45) is 0 Å². The molecular formula is C9H13ClN4O. The third-order valence-electron chi connectivity index (χ3n) is 2.51. The SMILES string of the molecule is Cc1nc(N[C@H]2C[C@@](C)(O)C2)nnc1Cl. The lowest BCUT2D eigenvalue weighted by molar-refractivity contribution is -0.0236. The number of nitrogens with zero attached hydrogens (tertiary/aromatic N) is 3. The van der Waals surface area contributed by atoms with Crippen LogP contribution in [0.15, 0.2) is 0 Å². The molecule has 2 N–H and O–H groups in total. The first-order valence-electron chi connectivity index (χ1n) is 4.82. The first-order valence-corrected chi connectivity index (χ1v) is 5.20. The molecule has 0 unspecified atom stereocenters. The lowest BCUT2D eigenvalue weighted by Crippen LogP contribution is -2.48. The largest absolute Gasteiger partial charge is 0.390 e. The fourth-order valence-corrected chi connectivity index (χ4v) is 1.82. The van der Waals surface area contributed by atoms with E-state index in [0.717, 1.165) is 0 Å². The highest BCUT2D eigenvalue weighted by atomic mass is 35.5. The molecule has 0 atom stereocenters. The van der Waals surface area contributed by atoms with Crippen LogP contribution >= 0.6 is 11.6 Å². The van der Waals surface area contributed by atoms with Gasteiger partial charge in [-0.15, -0.1) is 10.2 Å². The second-order valence-corrected chi connectivity index (χ2v) is 4.62. The van der Waals surface area contributed by atoms with Gasteiger partial charge < -0.3 is 10.4 Å². The molecule has 2 rings (SSSR count). The number of nitrogens with one attached hydrogen (secondary N) is 1. The van der Waals surface area contributed by atoms with Crippen molar-refractivity contribution >= 4 is 17.5 Å². The van der Waals surface area contributed by atoms with Crippen LogP contribution in [0.4, 0.5) is 5.95 Å². The van der Waals surface area contributed by atoms with Crippen molar-refractivity contribution in [2.45, 2.75) is 38.3 Å². The summed E-state index contributed by atoms with van der Waals surface area (Å²) < 4.78 is 0. The van der Waals surface area contributed by atoms with Crippen LogP contribution in [0.25, 0.3) is 0 Å². The van der Waals surface area contributed by atoms with E-state index in [1.165, 1.54) is 0 Å². The van der Waals surface area contributed by atoms with Crippen molar-refractivity contribution in [3.05, 3.63) is 10.8 Å². The van der Waals surface area contributed by atoms with Crippen LogP contribution < -0.4 is 5.32 Å². The van der Waals surface area contributed by atoms with E-state index in [9.17, 15) is 5.11 Å². The van der Waals surface area contributed by atoms with E-state index in [1.54, 1.807) is 6.92 Å². The van der Waals surface area contributed by atoms with Crippen molar-refractivity contribution < 1.29 is 5.11 Å². The molecule has 5 nitrogen and oxygen atoms in total. The van der Waals surface area contributed by atoms with Crippen LogP contribution in [0.1, 0.15) is 25.5 Å². The van der Waals surface area contributed by atoms with E-state index in [0.29, 0.717) is 29.6 Å². The highest BCUT2D eigenvalue weighted by molar-refractivity contribution is 6.29. The van der Waals surface area contributed by atoms with Crippen molar-refractivity contribution in [3.8, 4) is 0 Å². The number of hydrogen-bond acceptors (Lipinski definition) is 5. The second-order valence-electron chi connectivity index (χ2n) is 4.26. The van der Waals surface area contributed by atoms with Crippen molar-refractivity contribution in [2.75, 3.05) is 5.32 Å². The Hall–Kier alpha value is -0.940. The Morgan fingerprint density at radius 2 is 2.13 bits per heavy atom. The summed E-state index contributed by atoms with van der Waals surface area (Å²) in [5, 5.41) is 20.5. The average Bonchev–Trinajstić information content (AvgIpc) is 2.08. The smallest absolute Gasteiger partial charge is 0.243 e. The predicted octanol–water partition coefficient (Wildman–Crippen LogP) is 1.16. The molecule has 0 bridgehead atoms. The van der Waals surface area contributed by atoms with Crippen LogP contribution in [0, 0.1) is 6.92 Å². The van der Waals surface area contributed by atoms with Gasteiger partial charge >= 0.3 is 0 Å². The molecule has 0 aromatic carbocycles. The van der Waals surface area contributed by atoms with Gasteiger partial charge in [0.05, 0.1) is 11.3 Å². The zero-order valence-electron chi connectivity index (χ0n) is 8.66. The van der Waals surface area contributed by atoms with E-state index in [2.05, 4.69) is 20.5 Å². The van der Waals surface area contributed by atoms with Gasteiger partial charge in [-0.1, -0.05) is 11.6 Å². The van der Waals surface area contributed by atoms with E-state index >= 15 is 0 Å². The normalized spacial score (nSPS) is 29.7. The van der Waals surface area contributed by atoms with Crippen LogP contribution in [0.3, 0.4) is 0 Å². The Kier molecular flexibility index (Phi) is 2.52. The Balaban J connectivity index is 1.98. The first-order chi connectivity index (χ1) is 6.96. The molecule has 1 aliphatic carbocycles. The van der Waals surface area contributed by atoms with Gasteiger partial charge in [-0.25, -0.2) is 4.98 Å². The molecule has 0 aliphatic heterocycles. The number of aliphatic hydroxyl groups is 1. The summed E-state index contributed by atoms with van der Waals surface area (Å²) >= 11 is 5.71. The Morgan fingerprint density at radius 1 is 1.47 bits per heavy atom. The molecule has 0 radical (unpaired) electrons. The Labute approximate surface area is 92.9 Å². The third kappa shape index (κ3) is 2.35. The molecule has 82 valence electrons. The standard InChI is InChI=1S/C9H13ClN4O/c1-5-7(10)13-14-8(11-5)12-6-3-9(2,15)4-6/h6,15H,3-4H2,1-2H3,(H,11,12,14)/t6-,9+. The van der Waals surface area contributed by atoms with E-state index in [-0.39, 0.29) is 6.04 Å². The van der Waals surface area contributed by atoms with Gasteiger partial charge in [0, 0.05) is 6.04 Å². The first kappa shape index (κ1) is 10.6. The Bertz CT molecular complexity index is 374. The molecule has 6 heteroatoms. The number of anilines is 1. The molecular weight excluding hydrogens is 216 g/mol. The van der Waals surface area contributed by atoms with Gasteiger partial charge in [0.25, 0.3) is 0 Å². The number of aryl methyl sites for hydroxylation is 1. The molecule has 1 aliphatic rings. The van der Waals surface area contributed by atoms with E-state index in [4.69, 9.17) is 11.6 Å². The summed E-state index contributed by atoms with van der Waals surface area (Å²) in [6.07, 6.45) is 1.41. The predicted molar refractivity (Wildman–Crippen MR) is 56.8 cm³/mol. The molecule has 15 heavy (non-hydrogen) atoms. The van der Waals surface area contributed by atoms with Gasteiger partial charge in [0.15, 0.2) is 5.15 Å². The number of hydrogen-bond donors (Lipinski definition) is 2. The van der Waals surface area contributed by atoms with E-state index in [1.807, 2.05) is 6.92 Å². The fourth-order valence-electron chi connectivity index (χ4n) is 1.74. The second kappa shape index (κ2) is 3.57. The maximum Gasteiger partial charge on any atom is 0.243 e. The number of rotatable bonds is 2. The zero-order chi connectivity index (χ0) is 11.1. The lowest BCUT2D eigenvalue weighted by Gasteiger charge is -2.41. The van der Waals surface area contributed by atoms with Crippen molar-refractivity contribution in [1.29, 1.82) is 0 Å². The minimum Gasteiger partial charge on any atom is -0.390 e. The quantitative estimate of drug-likeness (QED) is 0.795. The van der Waals surface area contributed by atoms with E-state index < -0.39 is 5.60 Å². The Morgan fingerprint density at radius 3 is 2.67 bits per heavy atom. The van der Waals surface area contributed by atoms with Gasteiger partial charge in [-0.3, -0.25) is 0 Å². The summed E-state index contributed by atoms with van der Waals surface area (Å²) in [5.41, 5.74) is 0.104. The molecule has 0 saturated heterocycles. The van der Waals surface area contributed by atoms with Crippen LogP contribution in [-0.2, 0) is 0 Å². The molecule has 1 heterocycles. The third-order valence-corrected chi connectivity index (χ3v) is 2.86. The topological polar surface area (TPSA) is 70.9 Å². The maximum atomic E-state index is 9.54. The number of aromatic nitrogens is 3. The van der Waals surface area contributed by atoms with Crippen molar-refractivity contribution in [1.82, 2.24) is 15.2 Å². The average molecular weight is 229 g/mol. The summed E-state index contributed by atoms with van der Waals surface area (Å²) in [6.45, 7) is 3.59. The molecule has 1 saturated carbocycles. The summed E-state index contributed by atoms with van der Waals surface area (Å²) in [7, 11) is 0. The molecule has 0 amide bonds. The van der Waals surface area contributed by atoms with Gasteiger partial charge in [0.2, 0.25) is 5.95 Å². The summed E-state index contributed by atoms with van der Waals surface area (Å²) in [5.74, 6) is 0.470. The lowest BCUT2D eigenvalue weighted by atomic mass is 9.77. The van der Waals surface area contributed by atoms with Gasteiger partial charge in [-0.2, -0.15) is 0 Å². The van der Waals surface area contributed by atoms with Gasteiger partial charge in [-0.05, 0) is 26.7 Å². The highest BCUT2D eigenvalue weighted by Crippen LogP contribution is 2.33. The molecule has 0 spiro atoms. The maximum absolute atomic E-state index is 9.54. The summed E-state index contributed by atoms with van der Waals surface area (Å²) in [6, 6.07) is 0.224. The van der Waals surface area contributed by atoms with Crippen molar-refractivity contribution in [3.63, 3.8) is 0 Å². The fraction of sp³-hybridized carbons (Fsp3) is 0.667. The molecule has 1 aromatic heterocycles. The zero-order valence-corrected chi connectivity index (χ0v) is 9.41.